The van der Waals surface area contributed by atoms with Crippen LogP contribution < -0.4 is 15.4 Å². The van der Waals surface area contributed by atoms with Gasteiger partial charge in [0.25, 0.3) is 5.91 Å². The van der Waals surface area contributed by atoms with Gasteiger partial charge in [-0.3, -0.25) is 19.4 Å². The van der Waals surface area contributed by atoms with Crippen LogP contribution in [0.2, 0.25) is 0 Å². The Morgan fingerprint density at radius 1 is 1.14 bits per heavy atom. The van der Waals surface area contributed by atoms with E-state index in [-0.39, 0.29) is 24.9 Å². The number of carbonyl (C=O) groups is 3. The number of aromatic nitrogens is 3. The number of hydrogen-bond acceptors (Lipinski definition) is 6. The van der Waals surface area contributed by atoms with E-state index < -0.39 is 23.7 Å². The fourth-order valence-electron chi connectivity index (χ4n) is 5.39. The van der Waals surface area contributed by atoms with Crippen molar-refractivity contribution in [1.82, 2.24) is 30.1 Å². The number of halogens is 1. The van der Waals surface area contributed by atoms with Crippen molar-refractivity contribution < 1.29 is 23.5 Å². The van der Waals surface area contributed by atoms with Gasteiger partial charge in [0.2, 0.25) is 11.8 Å². The molecular weight excluding hydrogens is 563 g/mol. The van der Waals surface area contributed by atoms with Crippen LogP contribution in [0.5, 0.6) is 5.75 Å². The molecule has 0 aliphatic carbocycles. The van der Waals surface area contributed by atoms with Crippen molar-refractivity contribution >= 4 is 28.6 Å². The monoisotopic (exact) mass is 600 g/mol. The molecule has 2 aromatic carbocycles. The number of benzene rings is 2. The van der Waals surface area contributed by atoms with Crippen molar-refractivity contribution in [2.75, 3.05) is 26.2 Å². The molecule has 2 aromatic heterocycles. The molecule has 0 unspecified atom stereocenters. The Bertz CT molecular complexity index is 1660. The summed E-state index contributed by atoms with van der Waals surface area (Å²) in [7, 11) is 0. The summed E-state index contributed by atoms with van der Waals surface area (Å²) in [5, 5.41) is 6.29. The Labute approximate surface area is 255 Å². The molecule has 44 heavy (non-hydrogen) atoms. The minimum atomic E-state index is -0.771. The zero-order valence-electron chi connectivity index (χ0n) is 25.2. The van der Waals surface area contributed by atoms with Crippen LogP contribution in [0.25, 0.3) is 22.3 Å². The summed E-state index contributed by atoms with van der Waals surface area (Å²) in [5.41, 5.74) is 2.10. The van der Waals surface area contributed by atoms with Gasteiger partial charge in [-0.15, -0.1) is 0 Å². The lowest BCUT2D eigenvalue weighted by atomic mass is 10.0. The van der Waals surface area contributed by atoms with Gasteiger partial charge in [-0.05, 0) is 56.0 Å². The van der Waals surface area contributed by atoms with Gasteiger partial charge in [-0.25, -0.2) is 9.37 Å². The average Bonchev–Trinajstić information content (AvgIpc) is 3.45. The zero-order chi connectivity index (χ0) is 31.2. The maximum atomic E-state index is 14.0. The molecule has 10 nitrogen and oxygen atoms in total. The van der Waals surface area contributed by atoms with Crippen LogP contribution >= 0.6 is 0 Å². The number of hydrogen-bond donors (Lipinski definition) is 2. The molecule has 2 bridgehead atoms. The van der Waals surface area contributed by atoms with Crippen LogP contribution in [-0.2, 0) is 16.1 Å². The predicted octanol–water partition coefficient (Wildman–Crippen LogP) is 4.12. The molecule has 3 heterocycles. The van der Waals surface area contributed by atoms with Crippen molar-refractivity contribution in [3.8, 4) is 17.1 Å². The maximum Gasteiger partial charge on any atom is 0.255 e. The molecule has 5 rings (SSSR count). The molecule has 0 fully saturated rings. The lowest BCUT2D eigenvalue weighted by Crippen LogP contribution is -2.51. The molecule has 3 amide bonds. The van der Waals surface area contributed by atoms with Crippen LogP contribution in [0.3, 0.4) is 0 Å². The Balaban J connectivity index is 1.45. The van der Waals surface area contributed by atoms with E-state index in [1.807, 2.05) is 48.9 Å². The number of fused-ring (bicyclic) bond motifs is 5. The number of carbonyl (C=O) groups excluding carboxylic acids is 3. The molecule has 230 valence electrons. The molecule has 1 aliphatic heterocycles. The quantitative estimate of drug-likeness (QED) is 0.365. The van der Waals surface area contributed by atoms with Gasteiger partial charge in [0, 0.05) is 54.7 Å². The summed E-state index contributed by atoms with van der Waals surface area (Å²) in [5.74, 6) is -0.0589. The standard InChI is InChI=1S/C33H37FN6O4/c1-21(2)16-29-32(42)36-11-14-39-13-10-35-31(39)23-6-4-7-25(18-23)44-15-5-12-40(20-30(41)38-29)33(43)27-17-22(3)37-28-19-24(34)8-9-26(27)28/h4,6-10,13,17-19,21,29H,5,11-12,14-16,20H2,1-3H3,(H,36,42)(H,38,41)/t29-/m1/s1. The van der Waals surface area contributed by atoms with E-state index in [2.05, 4.69) is 20.6 Å². The normalized spacial score (nSPS) is 16.8. The van der Waals surface area contributed by atoms with E-state index in [9.17, 15) is 18.8 Å². The zero-order valence-corrected chi connectivity index (χ0v) is 25.2. The SMILES string of the molecule is Cc1cc(C(=O)N2CCCOc3cccc(c3)-c3nccn3CCNC(=O)[C@@H](CC(C)C)NC(=O)C2)c2ccc(F)cc2n1. The summed E-state index contributed by atoms with van der Waals surface area (Å²) in [6.07, 6.45) is 4.44. The Morgan fingerprint density at radius 3 is 2.80 bits per heavy atom. The second-order valence-electron chi connectivity index (χ2n) is 11.4. The third-order valence-corrected chi connectivity index (χ3v) is 7.41. The number of amides is 3. The molecule has 0 radical (unpaired) electrons. The summed E-state index contributed by atoms with van der Waals surface area (Å²) in [6.45, 7) is 6.75. The minimum Gasteiger partial charge on any atom is -0.494 e. The second-order valence-corrected chi connectivity index (χ2v) is 11.4. The number of ether oxygens (including phenoxy) is 1. The summed E-state index contributed by atoms with van der Waals surface area (Å²) >= 11 is 0. The summed E-state index contributed by atoms with van der Waals surface area (Å²) in [6, 6.07) is 12.6. The Hall–Kier alpha value is -4.80. The molecule has 1 aliphatic rings. The number of aryl methyl sites for hydroxylation is 1. The third kappa shape index (κ3) is 7.39. The van der Waals surface area contributed by atoms with Gasteiger partial charge in [0.1, 0.15) is 23.4 Å². The van der Waals surface area contributed by atoms with Crippen LogP contribution in [0.4, 0.5) is 4.39 Å². The van der Waals surface area contributed by atoms with E-state index in [1.54, 1.807) is 19.2 Å². The van der Waals surface area contributed by atoms with Crippen molar-refractivity contribution in [1.29, 1.82) is 0 Å². The molecule has 4 aromatic rings. The first-order chi connectivity index (χ1) is 21.2. The van der Waals surface area contributed by atoms with E-state index in [0.29, 0.717) is 60.4 Å². The van der Waals surface area contributed by atoms with Gasteiger partial charge in [0.15, 0.2) is 0 Å². The van der Waals surface area contributed by atoms with Crippen LogP contribution in [0, 0.1) is 18.7 Å². The third-order valence-electron chi connectivity index (χ3n) is 7.41. The largest absolute Gasteiger partial charge is 0.494 e. The van der Waals surface area contributed by atoms with Crippen molar-refractivity contribution in [2.24, 2.45) is 5.92 Å². The second kappa shape index (κ2) is 13.7. The first-order valence-electron chi connectivity index (χ1n) is 14.9. The van der Waals surface area contributed by atoms with Crippen LogP contribution in [0.15, 0.2) is 60.9 Å². The highest BCUT2D eigenvalue weighted by atomic mass is 19.1. The lowest BCUT2D eigenvalue weighted by Gasteiger charge is -2.26. The summed E-state index contributed by atoms with van der Waals surface area (Å²) in [4.78, 5) is 50.9. The maximum absolute atomic E-state index is 14.0. The fraction of sp³-hybridized carbons (Fsp3) is 0.364. The van der Waals surface area contributed by atoms with Gasteiger partial charge < -0.3 is 24.8 Å². The number of imidazole rings is 1. The first-order valence-corrected chi connectivity index (χ1v) is 14.9. The molecular formula is C33H37FN6O4. The lowest BCUT2D eigenvalue weighted by molar-refractivity contribution is -0.129. The van der Waals surface area contributed by atoms with Crippen molar-refractivity contribution in [3.05, 3.63) is 78.0 Å². The van der Waals surface area contributed by atoms with Crippen LogP contribution in [0.1, 0.15) is 42.7 Å². The Morgan fingerprint density at radius 2 is 1.98 bits per heavy atom. The highest BCUT2D eigenvalue weighted by molar-refractivity contribution is 6.07. The van der Waals surface area contributed by atoms with Gasteiger partial charge in [-0.2, -0.15) is 0 Å². The van der Waals surface area contributed by atoms with E-state index >= 15 is 0 Å². The molecule has 1 atom stereocenters. The first kappa shape index (κ1) is 30.7. The van der Waals surface area contributed by atoms with Gasteiger partial charge in [-0.1, -0.05) is 26.0 Å². The van der Waals surface area contributed by atoms with E-state index in [0.717, 1.165) is 11.4 Å². The topological polar surface area (TPSA) is 118 Å². The Kier molecular flexibility index (Phi) is 9.52. The summed E-state index contributed by atoms with van der Waals surface area (Å²) < 4.78 is 22.0. The highest BCUT2D eigenvalue weighted by Crippen LogP contribution is 2.24. The van der Waals surface area contributed by atoms with E-state index in [4.69, 9.17) is 4.74 Å². The smallest absolute Gasteiger partial charge is 0.255 e. The van der Waals surface area contributed by atoms with Crippen molar-refractivity contribution in [3.63, 3.8) is 0 Å². The molecule has 11 heteroatoms. The molecule has 0 spiro atoms. The number of rotatable bonds is 3. The van der Waals surface area contributed by atoms with Crippen molar-refractivity contribution in [2.45, 2.75) is 46.2 Å². The molecule has 2 N–H and O–H groups in total. The molecule has 0 saturated heterocycles. The number of nitrogens with one attached hydrogen (secondary N) is 2. The number of pyridine rings is 1. The van der Waals surface area contributed by atoms with Gasteiger partial charge >= 0.3 is 0 Å². The minimum absolute atomic E-state index is 0.137. The number of nitrogens with zero attached hydrogens (tertiary/aromatic N) is 4. The molecule has 0 saturated carbocycles. The fourth-order valence-corrected chi connectivity index (χ4v) is 5.39. The highest BCUT2D eigenvalue weighted by Gasteiger charge is 2.26. The van der Waals surface area contributed by atoms with E-state index in [1.165, 1.54) is 23.1 Å². The predicted molar refractivity (Wildman–Crippen MR) is 165 cm³/mol. The van der Waals surface area contributed by atoms with Crippen LogP contribution in [-0.4, -0.2) is 69.4 Å². The van der Waals surface area contributed by atoms with Gasteiger partial charge in [0.05, 0.1) is 24.2 Å². The average molecular weight is 601 g/mol.